The van der Waals surface area contributed by atoms with E-state index in [4.69, 9.17) is 41.9 Å². The summed E-state index contributed by atoms with van der Waals surface area (Å²) in [5, 5.41) is 0. The van der Waals surface area contributed by atoms with Gasteiger partial charge in [0.15, 0.2) is 0 Å². The van der Waals surface area contributed by atoms with Crippen LogP contribution in [0.3, 0.4) is 0 Å². The first-order chi connectivity index (χ1) is 28.6. The summed E-state index contributed by atoms with van der Waals surface area (Å²) in [5.41, 5.74) is 31.5. The van der Waals surface area contributed by atoms with Gasteiger partial charge in [0.1, 0.15) is 46.0 Å². The predicted octanol–water partition coefficient (Wildman–Crippen LogP) is 12.4. The van der Waals surface area contributed by atoms with Gasteiger partial charge in [0.05, 0.1) is 0 Å². The maximum Gasteiger partial charge on any atom is 0.129 e. The summed E-state index contributed by atoms with van der Waals surface area (Å²) in [5.74, 6) is 5.46. The first-order valence-corrected chi connectivity index (χ1v) is 19.2. The lowest BCUT2D eigenvalue weighted by Crippen LogP contribution is -2.27. The van der Waals surface area contributed by atoms with Crippen molar-refractivity contribution in [2.75, 3.05) is 22.9 Å². The fourth-order valence-corrected chi connectivity index (χ4v) is 7.15. The summed E-state index contributed by atoms with van der Waals surface area (Å²) in [6.07, 6.45) is 0.600. The van der Waals surface area contributed by atoms with Crippen LogP contribution in [0.5, 0.6) is 46.0 Å². The minimum Gasteiger partial charge on any atom is -0.457 e. The van der Waals surface area contributed by atoms with Crippen LogP contribution in [0.2, 0.25) is 0 Å². The summed E-state index contributed by atoms with van der Waals surface area (Å²) < 4.78 is 24.9. The molecule has 0 saturated heterocycles. The van der Waals surface area contributed by atoms with Gasteiger partial charge in [-0.2, -0.15) is 0 Å². The molecule has 8 rings (SSSR count). The first-order valence-electron chi connectivity index (χ1n) is 19.2. The normalized spacial score (nSPS) is 11.1. The highest BCUT2D eigenvalue weighted by atomic mass is 16.5. The predicted molar refractivity (Wildman–Crippen MR) is 239 cm³/mol. The molecule has 0 fully saturated rings. The Bertz CT molecular complexity index is 2610. The van der Waals surface area contributed by atoms with Gasteiger partial charge >= 0.3 is 0 Å². The molecular formula is C51H44N4O4. The second kappa shape index (κ2) is 16.7. The lowest BCUT2D eigenvalue weighted by molar-refractivity contribution is 0.478. The second-order valence-electron chi connectivity index (χ2n) is 14.6. The summed E-state index contributed by atoms with van der Waals surface area (Å²) >= 11 is 0. The van der Waals surface area contributed by atoms with Gasteiger partial charge in [-0.3, -0.25) is 0 Å². The third kappa shape index (κ3) is 9.25. The third-order valence-electron chi connectivity index (χ3n) is 10.1. The van der Waals surface area contributed by atoms with Crippen molar-refractivity contribution >= 4 is 22.7 Å². The van der Waals surface area contributed by atoms with Crippen molar-refractivity contribution in [1.82, 2.24) is 0 Å². The zero-order valence-electron chi connectivity index (χ0n) is 32.5. The Hall–Kier alpha value is -7.84. The molecule has 0 aromatic heterocycles. The molecule has 0 aliphatic rings. The topological polar surface area (TPSA) is 141 Å². The fourth-order valence-electron chi connectivity index (χ4n) is 7.15. The van der Waals surface area contributed by atoms with E-state index in [9.17, 15) is 0 Å². The molecule has 8 aromatic carbocycles. The SMILES string of the molecule is CC(Cc1cc(Oc2cccc(N)c2)ccc1-c1ccc(Oc2cccc(N)c2)cc1)(c1ccc(Oc2cccc(N)c2)cc1)c1ccc(Oc2cccc(N)c2)cc1. The molecule has 8 nitrogen and oxygen atoms in total. The van der Waals surface area contributed by atoms with Crippen LogP contribution < -0.4 is 41.9 Å². The zero-order chi connectivity index (χ0) is 40.8. The Kier molecular flexibility index (Phi) is 10.8. The number of anilines is 4. The Morgan fingerprint density at radius 3 is 1.05 bits per heavy atom. The third-order valence-corrected chi connectivity index (χ3v) is 10.1. The molecule has 0 atom stereocenters. The maximum absolute atomic E-state index is 6.41. The molecule has 8 N–H and O–H groups in total. The van der Waals surface area contributed by atoms with E-state index in [0.29, 0.717) is 75.2 Å². The van der Waals surface area contributed by atoms with Crippen LogP contribution in [-0.2, 0) is 11.8 Å². The van der Waals surface area contributed by atoms with Crippen LogP contribution in [-0.4, -0.2) is 0 Å². The minimum atomic E-state index is -0.549. The van der Waals surface area contributed by atoms with Crippen molar-refractivity contribution < 1.29 is 18.9 Å². The number of rotatable bonds is 13. The molecule has 0 aliphatic carbocycles. The standard InChI is InChI=1S/C51H44N4O4/c1-51(36-16-22-43(23-17-36)57-46-11-3-7-39(53)30-46,37-18-24-44(25-19-37)58-47-12-4-8-40(54)31-47)33-35-28-49(59-48-13-5-9-41(55)32-48)26-27-50(35)34-14-20-42(21-15-34)56-45-10-2-6-38(52)29-45/h2-32H,33,52-55H2,1H3. The number of ether oxygens (including phenoxy) is 4. The average Bonchev–Trinajstić information content (AvgIpc) is 3.22. The molecule has 0 saturated carbocycles. The molecule has 0 bridgehead atoms. The van der Waals surface area contributed by atoms with Gasteiger partial charge in [0.25, 0.3) is 0 Å². The summed E-state index contributed by atoms with van der Waals surface area (Å²) in [4.78, 5) is 0. The van der Waals surface area contributed by atoms with Gasteiger partial charge in [-0.05, 0) is 131 Å². The van der Waals surface area contributed by atoms with Crippen LogP contribution in [0.4, 0.5) is 22.7 Å². The molecule has 0 heterocycles. The molecule has 59 heavy (non-hydrogen) atoms. The first kappa shape index (κ1) is 38.1. The van der Waals surface area contributed by atoms with E-state index in [1.54, 1.807) is 6.07 Å². The molecule has 0 spiro atoms. The summed E-state index contributed by atoms with van der Waals surface area (Å²) in [7, 11) is 0. The van der Waals surface area contributed by atoms with Gasteiger partial charge in [-0.25, -0.2) is 0 Å². The van der Waals surface area contributed by atoms with Crippen LogP contribution in [0.1, 0.15) is 23.6 Å². The van der Waals surface area contributed by atoms with Crippen LogP contribution in [0, 0.1) is 0 Å². The largest absolute Gasteiger partial charge is 0.457 e. The second-order valence-corrected chi connectivity index (χ2v) is 14.6. The smallest absolute Gasteiger partial charge is 0.129 e. The zero-order valence-corrected chi connectivity index (χ0v) is 32.5. The monoisotopic (exact) mass is 776 g/mol. The van der Waals surface area contributed by atoms with Crippen molar-refractivity contribution in [2.45, 2.75) is 18.8 Å². The number of benzene rings is 8. The lowest BCUT2D eigenvalue weighted by atomic mass is 9.71. The van der Waals surface area contributed by atoms with E-state index in [0.717, 1.165) is 27.8 Å². The Labute approximate surface area is 344 Å². The molecule has 0 unspecified atom stereocenters. The summed E-state index contributed by atoms with van der Waals surface area (Å²) in [6, 6.07) is 60.4. The van der Waals surface area contributed by atoms with E-state index >= 15 is 0 Å². The minimum absolute atomic E-state index is 0.549. The number of nitrogens with two attached hydrogens (primary N) is 4. The lowest BCUT2D eigenvalue weighted by Gasteiger charge is -2.33. The van der Waals surface area contributed by atoms with E-state index < -0.39 is 5.41 Å². The molecule has 0 radical (unpaired) electrons. The highest BCUT2D eigenvalue weighted by Gasteiger charge is 2.31. The Morgan fingerprint density at radius 1 is 0.356 bits per heavy atom. The van der Waals surface area contributed by atoms with Gasteiger partial charge in [0.2, 0.25) is 0 Å². The van der Waals surface area contributed by atoms with E-state index in [2.05, 4.69) is 55.5 Å². The van der Waals surface area contributed by atoms with Crippen LogP contribution in [0.25, 0.3) is 11.1 Å². The van der Waals surface area contributed by atoms with Crippen molar-refractivity contribution in [2.24, 2.45) is 0 Å². The Morgan fingerprint density at radius 2 is 0.678 bits per heavy atom. The van der Waals surface area contributed by atoms with Crippen LogP contribution in [0.15, 0.2) is 188 Å². The van der Waals surface area contributed by atoms with Gasteiger partial charge in [0, 0.05) is 52.4 Å². The Balaban J connectivity index is 1.18. The summed E-state index contributed by atoms with van der Waals surface area (Å²) in [6.45, 7) is 2.26. The number of nitrogen functional groups attached to an aromatic ring is 4. The molecule has 8 heteroatoms. The maximum atomic E-state index is 6.41. The quantitative estimate of drug-likeness (QED) is 0.0848. The molecule has 0 amide bonds. The van der Waals surface area contributed by atoms with Crippen LogP contribution >= 0.6 is 0 Å². The molecule has 292 valence electrons. The van der Waals surface area contributed by atoms with E-state index in [1.165, 1.54) is 0 Å². The van der Waals surface area contributed by atoms with Gasteiger partial charge in [-0.15, -0.1) is 0 Å². The van der Waals surface area contributed by atoms with Crippen molar-refractivity contribution in [3.63, 3.8) is 0 Å². The number of hydrogen-bond acceptors (Lipinski definition) is 8. The molecule has 0 aliphatic heterocycles. The average molecular weight is 777 g/mol. The highest BCUT2D eigenvalue weighted by Crippen LogP contribution is 2.42. The van der Waals surface area contributed by atoms with Gasteiger partial charge in [-0.1, -0.05) is 73.7 Å². The van der Waals surface area contributed by atoms with Gasteiger partial charge < -0.3 is 41.9 Å². The van der Waals surface area contributed by atoms with Crippen molar-refractivity contribution in [3.05, 3.63) is 205 Å². The van der Waals surface area contributed by atoms with Crippen molar-refractivity contribution in [1.29, 1.82) is 0 Å². The molecular weight excluding hydrogens is 733 g/mol. The van der Waals surface area contributed by atoms with Crippen molar-refractivity contribution in [3.8, 4) is 57.1 Å². The van der Waals surface area contributed by atoms with E-state index in [-0.39, 0.29) is 0 Å². The number of hydrogen-bond donors (Lipinski definition) is 4. The molecule has 8 aromatic rings. The fraction of sp³-hybridized carbons (Fsp3) is 0.0588. The highest BCUT2D eigenvalue weighted by molar-refractivity contribution is 5.70. The van der Waals surface area contributed by atoms with E-state index in [1.807, 2.05) is 133 Å².